The number of amides is 2. The quantitative estimate of drug-likeness (QED) is 0.387. The standard InChI is InChI=1S/C9H16N2O7S/c1-7(12)11-6-18-9(14)10-5-8(13)3-2-4-19(15,16)17/h2-6H2,1H3,(H,10,14)(H,11,12)(H,15,16,17). The van der Waals surface area contributed by atoms with Gasteiger partial charge in [0.05, 0.1) is 12.3 Å². The fraction of sp³-hybridized carbons (Fsp3) is 0.667. The summed E-state index contributed by atoms with van der Waals surface area (Å²) in [5.41, 5.74) is 0. The molecule has 0 radical (unpaired) electrons. The van der Waals surface area contributed by atoms with E-state index in [2.05, 4.69) is 15.4 Å². The van der Waals surface area contributed by atoms with Crippen LogP contribution in [-0.2, 0) is 24.4 Å². The van der Waals surface area contributed by atoms with Gasteiger partial charge in [-0.05, 0) is 6.42 Å². The van der Waals surface area contributed by atoms with Gasteiger partial charge in [0.15, 0.2) is 12.5 Å². The second-order valence-electron chi connectivity index (χ2n) is 3.59. The summed E-state index contributed by atoms with van der Waals surface area (Å²) in [5, 5.41) is 4.34. The maximum absolute atomic E-state index is 11.2. The Labute approximate surface area is 110 Å². The number of carbonyl (C=O) groups excluding carboxylic acids is 3. The average Bonchev–Trinajstić information content (AvgIpc) is 2.24. The van der Waals surface area contributed by atoms with E-state index in [4.69, 9.17) is 4.55 Å². The molecular formula is C9H16N2O7S. The van der Waals surface area contributed by atoms with E-state index in [9.17, 15) is 22.8 Å². The van der Waals surface area contributed by atoms with Crippen molar-refractivity contribution < 1.29 is 32.1 Å². The fourth-order valence-electron chi connectivity index (χ4n) is 0.965. The monoisotopic (exact) mass is 296 g/mol. The van der Waals surface area contributed by atoms with Crippen LogP contribution in [0.4, 0.5) is 4.79 Å². The van der Waals surface area contributed by atoms with Gasteiger partial charge in [-0.2, -0.15) is 8.42 Å². The Kier molecular flexibility index (Phi) is 7.68. The van der Waals surface area contributed by atoms with Crippen molar-refractivity contribution in [2.75, 3.05) is 19.0 Å². The first-order valence-electron chi connectivity index (χ1n) is 5.32. The molecule has 0 aromatic heterocycles. The average molecular weight is 296 g/mol. The van der Waals surface area contributed by atoms with E-state index in [-0.39, 0.29) is 32.0 Å². The van der Waals surface area contributed by atoms with Crippen molar-refractivity contribution in [2.24, 2.45) is 0 Å². The first-order valence-corrected chi connectivity index (χ1v) is 6.93. The molecule has 110 valence electrons. The van der Waals surface area contributed by atoms with E-state index >= 15 is 0 Å². The van der Waals surface area contributed by atoms with E-state index in [0.717, 1.165) is 0 Å². The highest BCUT2D eigenvalue weighted by molar-refractivity contribution is 7.85. The van der Waals surface area contributed by atoms with Gasteiger partial charge in [-0.15, -0.1) is 0 Å². The number of carbonyl (C=O) groups is 3. The number of hydrogen-bond donors (Lipinski definition) is 3. The summed E-state index contributed by atoms with van der Waals surface area (Å²) in [4.78, 5) is 32.6. The van der Waals surface area contributed by atoms with Crippen molar-refractivity contribution in [3.8, 4) is 0 Å². The Bertz CT molecular complexity index is 432. The van der Waals surface area contributed by atoms with E-state index in [1.807, 2.05) is 0 Å². The van der Waals surface area contributed by atoms with Crippen LogP contribution in [-0.4, -0.2) is 49.8 Å². The van der Waals surface area contributed by atoms with Gasteiger partial charge in [0, 0.05) is 13.3 Å². The summed E-state index contributed by atoms with van der Waals surface area (Å²) in [7, 11) is -4.08. The molecule has 0 aromatic rings. The molecule has 0 saturated heterocycles. The predicted molar refractivity (Wildman–Crippen MR) is 63.8 cm³/mol. The molecule has 9 nitrogen and oxygen atoms in total. The topological polar surface area (TPSA) is 139 Å². The lowest BCUT2D eigenvalue weighted by Crippen LogP contribution is -2.33. The molecule has 0 bridgehead atoms. The molecule has 0 aliphatic carbocycles. The van der Waals surface area contributed by atoms with E-state index < -0.39 is 27.7 Å². The highest BCUT2D eigenvalue weighted by Crippen LogP contribution is 1.95. The van der Waals surface area contributed by atoms with Crippen LogP contribution in [0.3, 0.4) is 0 Å². The minimum Gasteiger partial charge on any atom is -0.428 e. The lowest BCUT2D eigenvalue weighted by atomic mass is 10.2. The molecule has 19 heavy (non-hydrogen) atoms. The normalized spacial score (nSPS) is 10.6. The number of rotatable bonds is 8. The SMILES string of the molecule is CC(=O)NCOC(=O)NCC(=O)CCCS(=O)(=O)O. The summed E-state index contributed by atoms with van der Waals surface area (Å²) >= 11 is 0. The van der Waals surface area contributed by atoms with Crippen molar-refractivity contribution >= 4 is 27.9 Å². The van der Waals surface area contributed by atoms with Gasteiger partial charge in [0.1, 0.15) is 0 Å². The molecule has 0 aliphatic heterocycles. The second-order valence-corrected chi connectivity index (χ2v) is 5.16. The van der Waals surface area contributed by atoms with Gasteiger partial charge in [-0.25, -0.2) is 4.79 Å². The van der Waals surface area contributed by atoms with Crippen LogP contribution in [0, 0.1) is 0 Å². The third-order valence-corrected chi connectivity index (χ3v) is 2.62. The zero-order chi connectivity index (χ0) is 14.9. The molecule has 10 heteroatoms. The molecule has 0 saturated carbocycles. The number of alkyl carbamates (subject to hydrolysis) is 1. The highest BCUT2D eigenvalue weighted by atomic mass is 32.2. The lowest BCUT2D eigenvalue weighted by molar-refractivity contribution is -0.120. The Balaban J connectivity index is 3.67. The third kappa shape index (κ3) is 12.6. The Hall–Kier alpha value is -1.68. The number of hydrogen-bond acceptors (Lipinski definition) is 6. The summed E-state index contributed by atoms with van der Waals surface area (Å²) in [6, 6.07) is 0. The first-order chi connectivity index (χ1) is 8.70. The lowest BCUT2D eigenvalue weighted by Gasteiger charge is -2.06. The van der Waals surface area contributed by atoms with Gasteiger partial charge in [-0.3, -0.25) is 14.1 Å². The van der Waals surface area contributed by atoms with Crippen molar-refractivity contribution in [2.45, 2.75) is 19.8 Å². The summed E-state index contributed by atoms with van der Waals surface area (Å²) < 4.78 is 33.7. The Morgan fingerprint density at radius 2 is 1.84 bits per heavy atom. The largest absolute Gasteiger partial charge is 0.428 e. The van der Waals surface area contributed by atoms with Gasteiger partial charge in [-0.1, -0.05) is 0 Å². The Morgan fingerprint density at radius 1 is 1.21 bits per heavy atom. The molecule has 2 amide bonds. The van der Waals surface area contributed by atoms with E-state index in [1.54, 1.807) is 0 Å². The fourth-order valence-corrected chi connectivity index (χ4v) is 1.47. The van der Waals surface area contributed by atoms with Crippen molar-refractivity contribution in [3.05, 3.63) is 0 Å². The van der Waals surface area contributed by atoms with Gasteiger partial charge >= 0.3 is 6.09 Å². The first kappa shape index (κ1) is 17.3. The molecular weight excluding hydrogens is 280 g/mol. The van der Waals surface area contributed by atoms with Crippen molar-refractivity contribution in [3.63, 3.8) is 0 Å². The van der Waals surface area contributed by atoms with Gasteiger partial charge < -0.3 is 15.4 Å². The Morgan fingerprint density at radius 3 is 2.37 bits per heavy atom. The van der Waals surface area contributed by atoms with Crippen molar-refractivity contribution in [1.82, 2.24) is 10.6 Å². The number of ketones is 1. The molecule has 0 spiro atoms. The van der Waals surface area contributed by atoms with Crippen LogP contribution in [0.2, 0.25) is 0 Å². The van der Waals surface area contributed by atoms with Crippen LogP contribution in [0.1, 0.15) is 19.8 Å². The molecule has 0 heterocycles. The molecule has 0 aliphatic rings. The molecule has 0 unspecified atom stereocenters. The minimum atomic E-state index is -4.08. The predicted octanol–water partition coefficient (Wildman–Crippen LogP) is -0.957. The van der Waals surface area contributed by atoms with Gasteiger partial charge in [0.25, 0.3) is 10.1 Å². The third-order valence-electron chi connectivity index (χ3n) is 1.81. The number of ether oxygens (including phenoxy) is 1. The summed E-state index contributed by atoms with van der Waals surface area (Å²) in [6.07, 6.45) is -0.997. The molecule has 3 N–H and O–H groups in total. The van der Waals surface area contributed by atoms with Crippen LogP contribution < -0.4 is 10.6 Å². The molecule has 0 fully saturated rings. The molecule has 0 atom stereocenters. The van der Waals surface area contributed by atoms with Gasteiger partial charge in [0.2, 0.25) is 5.91 Å². The highest BCUT2D eigenvalue weighted by Gasteiger charge is 2.09. The zero-order valence-corrected chi connectivity index (χ0v) is 11.2. The summed E-state index contributed by atoms with van der Waals surface area (Å²) in [5.74, 6) is -1.28. The van der Waals surface area contributed by atoms with Crippen LogP contribution in [0.25, 0.3) is 0 Å². The second kappa shape index (κ2) is 8.43. The minimum absolute atomic E-state index is 0.0275. The number of nitrogens with one attached hydrogen (secondary N) is 2. The van der Waals surface area contributed by atoms with Crippen LogP contribution in [0.5, 0.6) is 0 Å². The summed E-state index contributed by atoms with van der Waals surface area (Å²) in [6.45, 7) is 0.627. The van der Waals surface area contributed by atoms with E-state index in [1.165, 1.54) is 6.92 Å². The van der Waals surface area contributed by atoms with E-state index in [0.29, 0.717) is 0 Å². The maximum atomic E-state index is 11.2. The molecule has 0 rings (SSSR count). The number of Topliss-reactive ketones (excluding diaryl/α,β-unsaturated/α-hetero) is 1. The van der Waals surface area contributed by atoms with Crippen molar-refractivity contribution in [1.29, 1.82) is 0 Å². The smallest absolute Gasteiger partial charge is 0.409 e. The maximum Gasteiger partial charge on any atom is 0.409 e. The molecule has 0 aromatic carbocycles. The van der Waals surface area contributed by atoms with Crippen LogP contribution >= 0.6 is 0 Å². The zero-order valence-electron chi connectivity index (χ0n) is 10.3. The van der Waals surface area contributed by atoms with Crippen LogP contribution in [0.15, 0.2) is 0 Å².